The topological polar surface area (TPSA) is 0 Å². The van der Waals surface area contributed by atoms with Gasteiger partial charge < -0.3 is 0 Å². The predicted molar refractivity (Wildman–Crippen MR) is 80.8 cm³/mol. The highest BCUT2D eigenvalue weighted by Crippen LogP contribution is 2.37. The summed E-state index contributed by atoms with van der Waals surface area (Å²) in [5.74, 6) is 0. The van der Waals surface area contributed by atoms with Gasteiger partial charge in [0.05, 0.1) is 5.38 Å². The first-order valence-electron chi connectivity index (χ1n) is 6.11. The van der Waals surface area contributed by atoms with Gasteiger partial charge in [-0.2, -0.15) is 0 Å². The van der Waals surface area contributed by atoms with E-state index in [9.17, 15) is 0 Å². The molecule has 1 aliphatic rings. The van der Waals surface area contributed by atoms with E-state index in [4.69, 9.17) is 11.6 Å². The fourth-order valence-electron chi connectivity index (χ4n) is 2.27. The average molecular weight is 259 g/mol. The van der Waals surface area contributed by atoms with Crippen LogP contribution in [0.15, 0.2) is 47.6 Å². The van der Waals surface area contributed by atoms with Crippen LogP contribution in [-0.4, -0.2) is 0 Å². The van der Waals surface area contributed by atoms with Gasteiger partial charge in [0.15, 0.2) is 0 Å². The van der Waals surface area contributed by atoms with Gasteiger partial charge in [0.1, 0.15) is 0 Å². The summed E-state index contributed by atoms with van der Waals surface area (Å²) in [4.78, 5) is 0. The van der Waals surface area contributed by atoms with Crippen LogP contribution in [-0.2, 0) is 6.42 Å². The van der Waals surface area contributed by atoms with Crippen molar-refractivity contribution in [3.05, 3.63) is 58.7 Å². The van der Waals surface area contributed by atoms with E-state index in [0.29, 0.717) is 0 Å². The molecule has 0 nitrogen and oxygen atoms in total. The van der Waals surface area contributed by atoms with Gasteiger partial charge in [0.2, 0.25) is 0 Å². The lowest BCUT2D eigenvalue weighted by atomic mass is 9.99. The predicted octanol–water partition coefficient (Wildman–Crippen LogP) is 5.05. The Kier molecular flexibility index (Phi) is 5.75. The Morgan fingerprint density at radius 2 is 1.89 bits per heavy atom. The minimum absolute atomic E-state index is 0.00917. The molecule has 0 N–H and O–H groups in total. The lowest BCUT2D eigenvalue weighted by Gasteiger charge is -2.13. The molecule has 0 amide bonds. The summed E-state index contributed by atoms with van der Waals surface area (Å²) in [6.45, 7) is 4.23. The van der Waals surface area contributed by atoms with E-state index in [0.717, 1.165) is 12.8 Å². The molecular weight excluding hydrogens is 240 g/mol. The fourth-order valence-corrected chi connectivity index (χ4v) is 2.74. The van der Waals surface area contributed by atoms with Crippen molar-refractivity contribution in [3.63, 3.8) is 0 Å². The van der Waals surface area contributed by atoms with Crippen LogP contribution in [0.3, 0.4) is 0 Å². The molecule has 94 valence electrons. The molecule has 0 aromatic heterocycles. The third kappa shape index (κ3) is 3.06. The standard InChI is InChI=1S/C15H17Cl.C2H2/c1-3-6-13-11(2)9-10-12-7-4-5-8-14(12)15(13)16;1-2/h3-8,15H,9-10H2,1-2H3;1-2H/b6-3-;. The Morgan fingerprint density at radius 3 is 2.56 bits per heavy atom. The molecule has 1 heteroatoms. The molecule has 1 aromatic carbocycles. The van der Waals surface area contributed by atoms with Gasteiger partial charge >= 0.3 is 0 Å². The number of allylic oxidation sites excluding steroid dienone is 4. The van der Waals surface area contributed by atoms with Crippen molar-refractivity contribution in [2.45, 2.75) is 32.1 Å². The minimum Gasteiger partial charge on any atom is -0.124 e. The van der Waals surface area contributed by atoms with Crippen LogP contribution in [0, 0.1) is 12.8 Å². The summed E-state index contributed by atoms with van der Waals surface area (Å²) in [7, 11) is 0. The van der Waals surface area contributed by atoms with Crippen molar-refractivity contribution in [2.75, 3.05) is 0 Å². The van der Waals surface area contributed by atoms with Crippen molar-refractivity contribution in [1.82, 2.24) is 0 Å². The number of halogens is 1. The number of hydrogen-bond acceptors (Lipinski definition) is 0. The first-order chi connectivity index (χ1) is 8.74. The Bertz CT molecular complexity index is 477. The summed E-state index contributed by atoms with van der Waals surface area (Å²) < 4.78 is 0. The summed E-state index contributed by atoms with van der Waals surface area (Å²) >= 11 is 6.58. The second kappa shape index (κ2) is 7.09. The van der Waals surface area contributed by atoms with Crippen LogP contribution in [0.4, 0.5) is 0 Å². The summed E-state index contributed by atoms with van der Waals surface area (Å²) in [6.07, 6.45) is 14.4. The maximum atomic E-state index is 6.58. The molecule has 0 fully saturated rings. The molecule has 1 unspecified atom stereocenters. The summed E-state index contributed by atoms with van der Waals surface area (Å²) in [5, 5.41) is 0.00917. The molecule has 0 heterocycles. The molecule has 0 radical (unpaired) electrons. The molecule has 0 spiro atoms. The maximum Gasteiger partial charge on any atom is 0.0837 e. The summed E-state index contributed by atoms with van der Waals surface area (Å²) in [5.41, 5.74) is 5.35. The van der Waals surface area contributed by atoms with Gasteiger partial charge in [-0.05, 0) is 43.4 Å². The highest BCUT2D eigenvalue weighted by molar-refractivity contribution is 6.23. The number of terminal acetylenes is 1. The van der Waals surface area contributed by atoms with Gasteiger partial charge in [-0.15, -0.1) is 24.4 Å². The third-order valence-corrected chi connectivity index (χ3v) is 3.68. The van der Waals surface area contributed by atoms with Crippen LogP contribution in [0.25, 0.3) is 0 Å². The van der Waals surface area contributed by atoms with Crippen LogP contribution in [0.2, 0.25) is 0 Å². The van der Waals surface area contributed by atoms with Crippen molar-refractivity contribution >= 4 is 11.6 Å². The molecule has 0 saturated carbocycles. The first kappa shape index (κ1) is 14.6. The molecule has 0 aliphatic heterocycles. The van der Waals surface area contributed by atoms with Crippen molar-refractivity contribution in [3.8, 4) is 12.8 Å². The number of benzene rings is 1. The zero-order valence-electron chi connectivity index (χ0n) is 11.0. The minimum atomic E-state index is 0.00917. The molecule has 0 saturated heterocycles. The van der Waals surface area contributed by atoms with Crippen LogP contribution < -0.4 is 0 Å². The molecule has 1 aliphatic carbocycles. The highest BCUT2D eigenvalue weighted by atomic mass is 35.5. The lowest BCUT2D eigenvalue weighted by Crippen LogP contribution is -1.96. The molecule has 0 bridgehead atoms. The van der Waals surface area contributed by atoms with E-state index in [2.05, 4.69) is 56.2 Å². The molecular formula is C17H19Cl. The van der Waals surface area contributed by atoms with E-state index in [-0.39, 0.29) is 5.38 Å². The number of alkyl halides is 1. The molecule has 1 atom stereocenters. The molecule has 1 aromatic rings. The van der Waals surface area contributed by atoms with E-state index in [1.165, 1.54) is 22.3 Å². The summed E-state index contributed by atoms with van der Waals surface area (Å²) in [6, 6.07) is 8.51. The Balaban J connectivity index is 0.000000771. The van der Waals surface area contributed by atoms with Gasteiger partial charge in [-0.1, -0.05) is 42.0 Å². The van der Waals surface area contributed by atoms with Gasteiger partial charge in [-0.3, -0.25) is 0 Å². The fraction of sp³-hybridized carbons (Fsp3) is 0.294. The van der Waals surface area contributed by atoms with Crippen molar-refractivity contribution < 1.29 is 0 Å². The Hall–Kier alpha value is -1.45. The van der Waals surface area contributed by atoms with Crippen LogP contribution >= 0.6 is 11.6 Å². The lowest BCUT2D eigenvalue weighted by molar-refractivity contribution is 0.943. The van der Waals surface area contributed by atoms with Crippen LogP contribution in [0.1, 0.15) is 36.8 Å². The quantitative estimate of drug-likeness (QED) is 0.488. The number of aryl methyl sites for hydroxylation is 1. The van der Waals surface area contributed by atoms with Gasteiger partial charge in [0, 0.05) is 0 Å². The normalized spacial score (nSPS) is 18.8. The van der Waals surface area contributed by atoms with E-state index in [1.807, 2.05) is 6.92 Å². The zero-order valence-corrected chi connectivity index (χ0v) is 11.7. The second-order valence-corrected chi connectivity index (χ2v) is 4.73. The van der Waals surface area contributed by atoms with Crippen molar-refractivity contribution in [2.24, 2.45) is 0 Å². The van der Waals surface area contributed by atoms with E-state index < -0.39 is 0 Å². The zero-order chi connectivity index (χ0) is 13.5. The average Bonchev–Trinajstić information content (AvgIpc) is 2.54. The van der Waals surface area contributed by atoms with Gasteiger partial charge in [-0.25, -0.2) is 0 Å². The Labute approximate surface area is 115 Å². The molecule has 18 heavy (non-hydrogen) atoms. The number of hydrogen-bond donors (Lipinski definition) is 0. The number of rotatable bonds is 1. The maximum absolute atomic E-state index is 6.58. The third-order valence-electron chi connectivity index (χ3n) is 3.21. The largest absolute Gasteiger partial charge is 0.124 e. The van der Waals surface area contributed by atoms with Crippen LogP contribution in [0.5, 0.6) is 0 Å². The second-order valence-electron chi connectivity index (χ2n) is 4.30. The smallest absolute Gasteiger partial charge is 0.0837 e. The first-order valence-corrected chi connectivity index (χ1v) is 6.55. The number of fused-ring (bicyclic) bond motifs is 1. The van der Waals surface area contributed by atoms with E-state index in [1.54, 1.807) is 0 Å². The highest BCUT2D eigenvalue weighted by Gasteiger charge is 2.20. The monoisotopic (exact) mass is 258 g/mol. The molecule has 2 rings (SSSR count). The van der Waals surface area contributed by atoms with Gasteiger partial charge in [0.25, 0.3) is 0 Å². The SMILES string of the molecule is C#C.C/C=C\C1=C(C)CCc2ccccc2C1Cl. The van der Waals surface area contributed by atoms with Crippen molar-refractivity contribution in [1.29, 1.82) is 0 Å². The van der Waals surface area contributed by atoms with E-state index >= 15 is 0 Å². The Morgan fingerprint density at radius 1 is 1.22 bits per heavy atom.